The van der Waals surface area contributed by atoms with Gasteiger partial charge in [-0.15, -0.1) is 0 Å². The van der Waals surface area contributed by atoms with Crippen molar-refractivity contribution in [3.8, 4) is 0 Å². The maximum atomic E-state index is 10.5. The van der Waals surface area contributed by atoms with E-state index in [-0.39, 0.29) is 22.1 Å². The number of thiophene rings is 1. The van der Waals surface area contributed by atoms with E-state index in [0.717, 1.165) is 42.6 Å². The Morgan fingerprint density at radius 1 is 1.53 bits per heavy atom. The highest BCUT2D eigenvalue weighted by molar-refractivity contribution is 7.13. The van der Waals surface area contributed by atoms with Gasteiger partial charge in [-0.05, 0) is 18.4 Å². The van der Waals surface area contributed by atoms with Crippen molar-refractivity contribution < 1.29 is 10.0 Å². The van der Waals surface area contributed by atoms with Crippen LogP contribution in [0.1, 0.15) is 31.2 Å². The van der Waals surface area contributed by atoms with E-state index in [1.165, 1.54) is 0 Å². The lowest BCUT2D eigenvalue weighted by Crippen LogP contribution is -2.45. The van der Waals surface area contributed by atoms with E-state index in [4.69, 9.17) is 0 Å². The molecule has 0 radical (unpaired) electrons. The summed E-state index contributed by atoms with van der Waals surface area (Å²) < 4.78 is 0. The van der Waals surface area contributed by atoms with Crippen LogP contribution in [0.2, 0.25) is 0 Å². The normalized spacial score (nSPS) is 18.4. The molecule has 2 rings (SSSR count). The fourth-order valence-electron chi connectivity index (χ4n) is 2.28. The van der Waals surface area contributed by atoms with Gasteiger partial charge in [-0.2, -0.15) is 0 Å². The molecule has 0 spiro atoms. The van der Waals surface area contributed by atoms with Gasteiger partial charge < -0.3 is 10.4 Å². The van der Waals surface area contributed by atoms with Gasteiger partial charge in [0.05, 0.1) is 11.5 Å². The fourth-order valence-corrected chi connectivity index (χ4v) is 3.01. The van der Waals surface area contributed by atoms with E-state index >= 15 is 0 Å². The number of nitrogens with zero attached hydrogens (tertiary/aromatic N) is 1. The number of aliphatic hydroxyl groups is 1. The zero-order valence-corrected chi connectivity index (χ0v) is 10.3. The Labute approximate surface area is 104 Å². The lowest BCUT2D eigenvalue weighted by atomic mass is 9.99. The molecule has 0 aromatic carbocycles. The third-order valence-corrected chi connectivity index (χ3v) is 4.28. The summed E-state index contributed by atoms with van der Waals surface area (Å²) >= 11 is 1.15. The molecular formula is C11H16N2O3S. The van der Waals surface area contributed by atoms with E-state index in [2.05, 4.69) is 5.32 Å². The van der Waals surface area contributed by atoms with Crippen molar-refractivity contribution in [1.82, 2.24) is 5.32 Å². The van der Waals surface area contributed by atoms with Crippen molar-refractivity contribution in [3.63, 3.8) is 0 Å². The van der Waals surface area contributed by atoms with Crippen LogP contribution in [0.4, 0.5) is 5.00 Å². The minimum atomic E-state index is -0.369. The lowest BCUT2D eigenvalue weighted by Gasteiger charge is -2.27. The largest absolute Gasteiger partial charge is 0.394 e. The van der Waals surface area contributed by atoms with Crippen molar-refractivity contribution in [2.75, 3.05) is 6.61 Å². The van der Waals surface area contributed by atoms with Crippen LogP contribution in [-0.2, 0) is 6.54 Å². The van der Waals surface area contributed by atoms with Crippen LogP contribution < -0.4 is 5.32 Å². The summed E-state index contributed by atoms with van der Waals surface area (Å²) in [5.41, 5.74) is 0.748. The molecule has 0 atom stereocenters. The second kappa shape index (κ2) is 5.12. The molecule has 5 nitrogen and oxygen atoms in total. The Bertz CT molecular complexity index is 399. The van der Waals surface area contributed by atoms with Gasteiger partial charge in [0.2, 0.25) is 0 Å². The van der Waals surface area contributed by atoms with Gasteiger partial charge in [0, 0.05) is 23.5 Å². The quantitative estimate of drug-likeness (QED) is 0.624. The topological polar surface area (TPSA) is 75.4 Å². The highest BCUT2D eigenvalue weighted by Crippen LogP contribution is 2.30. The molecule has 1 fully saturated rings. The minimum absolute atomic E-state index is 0.138. The third kappa shape index (κ3) is 2.83. The maximum absolute atomic E-state index is 10.5. The molecule has 1 aliphatic rings. The average molecular weight is 256 g/mol. The Morgan fingerprint density at radius 3 is 2.76 bits per heavy atom. The average Bonchev–Trinajstić information content (AvgIpc) is 2.96. The van der Waals surface area contributed by atoms with E-state index in [0.29, 0.717) is 6.54 Å². The van der Waals surface area contributed by atoms with E-state index in [9.17, 15) is 15.2 Å². The second-order valence-electron chi connectivity index (χ2n) is 4.55. The number of aliphatic hydroxyl groups excluding tert-OH is 1. The number of hydrogen-bond donors (Lipinski definition) is 2. The van der Waals surface area contributed by atoms with Crippen molar-refractivity contribution in [2.45, 2.75) is 37.8 Å². The molecule has 17 heavy (non-hydrogen) atoms. The lowest BCUT2D eigenvalue weighted by molar-refractivity contribution is -0.380. The standard InChI is InChI=1S/C11H16N2O3S/c14-8-11(3-1-2-4-11)12-6-9-5-10(13(15)16)17-7-9/h5,7,12,14H,1-4,6,8H2. The monoisotopic (exact) mass is 256 g/mol. The Balaban J connectivity index is 1.94. The minimum Gasteiger partial charge on any atom is -0.394 e. The smallest absolute Gasteiger partial charge is 0.324 e. The summed E-state index contributed by atoms with van der Waals surface area (Å²) in [6.07, 6.45) is 4.24. The summed E-state index contributed by atoms with van der Waals surface area (Å²) in [5.74, 6) is 0. The van der Waals surface area contributed by atoms with Crippen LogP contribution in [0.3, 0.4) is 0 Å². The van der Waals surface area contributed by atoms with Gasteiger partial charge in [-0.25, -0.2) is 0 Å². The molecule has 94 valence electrons. The van der Waals surface area contributed by atoms with Crippen LogP contribution in [-0.4, -0.2) is 22.2 Å². The maximum Gasteiger partial charge on any atom is 0.324 e. The molecule has 0 aliphatic heterocycles. The summed E-state index contributed by atoms with van der Waals surface area (Å²) in [7, 11) is 0. The molecule has 0 bridgehead atoms. The Morgan fingerprint density at radius 2 is 2.24 bits per heavy atom. The van der Waals surface area contributed by atoms with Crippen LogP contribution in [0, 0.1) is 10.1 Å². The zero-order valence-electron chi connectivity index (χ0n) is 9.52. The molecule has 0 amide bonds. The highest BCUT2D eigenvalue weighted by Gasteiger charge is 2.32. The first kappa shape index (κ1) is 12.5. The van der Waals surface area contributed by atoms with Gasteiger partial charge in [0.1, 0.15) is 0 Å². The predicted molar refractivity (Wildman–Crippen MR) is 66.1 cm³/mol. The third-order valence-electron chi connectivity index (χ3n) is 3.35. The Kier molecular flexibility index (Phi) is 3.76. The predicted octanol–water partition coefficient (Wildman–Crippen LogP) is 2.05. The van der Waals surface area contributed by atoms with Gasteiger partial charge in [0.15, 0.2) is 0 Å². The highest BCUT2D eigenvalue weighted by atomic mass is 32.1. The van der Waals surface area contributed by atoms with E-state index in [1.807, 2.05) is 0 Å². The summed E-state index contributed by atoms with van der Waals surface area (Å²) in [6, 6.07) is 1.59. The molecular weight excluding hydrogens is 240 g/mol. The number of rotatable bonds is 5. The molecule has 0 unspecified atom stereocenters. The van der Waals surface area contributed by atoms with Crippen molar-refractivity contribution in [1.29, 1.82) is 0 Å². The zero-order chi connectivity index (χ0) is 12.3. The number of nitro groups is 1. The van der Waals surface area contributed by atoms with E-state index in [1.54, 1.807) is 11.4 Å². The van der Waals surface area contributed by atoms with Crippen molar-refractivity contribution in [3.05, 3.63) is 27.1 Å². The fraction of sp³-hybridized carbons (Fsp3) is 0.636. The first-order chi connectivity index (χ1) is 8.15. The molecule has 0 saturated heterocycles. The van der Waals surface area contributed by atoms with Crippen LogP contribution >= 0.6 is 11.3 Å². The summed E-state index contributed by atoms with van der Waals surface area (Å²) in [4.78, 5) is 10.2. The first-order valence-corrected chi connectivity index (χ1v) is 6.61. The van der Waals surface area contributed by atoms with Crippen molar-refractivity contribution >= 4 is 16.3 Å². The SMILES string of the molecule is O=[N+]([O-])c1cc(CNC2(CO)CCCC2)cs1. The van der Waals surface area contributed by atoms with Gasteiger partial charge >= 0.3 is 5.00 Å². The Hall–Kier alpha value is -0.980. The molecule has 1 saturated carbocycles. The van der Waals surface area contributed by atoms with Gasteiger partial charge in [0.25, 0.3) is 0 Å². The number of hydrogen-bond acceptors (Lipinski definition) is 5. The molecule has 1 aromatic heterocycles. The molecule has 2 N–H and O–H groups in total. The number of nitrogens with one attached hydrogen (secondary N) is 1. The van der Waals surface area contributed by atoms with Gasteiger partial charge in [-0.3, -0.25) is 10.1 Å². The molecule has 1 aromatic rings. The van der Waals surface area contributed by atoms with Crippen molar-refractivity contribution in [2.24, 2.45) is 0 Å². The van der Waals surface area contributed by atoms with E-state index < -0.39 is 0 Å². The molecule has 6 heteroatoms. The first-order valence-electron chi connectivity index (χ1n) is 5.73. The van der Waals surface area contributed by atoms with Crippen LogP contribution in [0.15, 0.2) is 11.4 Å². The van der Waals surface area contributed by atoms with Gasteiger partial charge in [-0.1, -0.05) is 24.2 Å². The molecule has 1 heterocycles. The summed E-state index contributed by atoms with van der Waals surface area (Å²) in [5, 5.41) is 25.3. The van der Waals surface area contributed by atoms with Crippen LogP contribution in [0.25, 0.3) is 0 Å². The molecule has 1 aliphatic carbocycles. The summed E-state index contributed by atoms with van der Waals surface area (Å²) in [6.45, 7) is 0.726. The second-order valence-corrected chi connectivity index (χ2v) is 5.44. The van der Waals surface area contributed by atoms with Crippen LogP contribution in [0.5, 0.6) is 0 Å².